The number of halogens is 1. The van der Waals surface area contributed by atoms with Gasteiger partial charge in [-0.2, -0.15) is 0 Å². The molecule has 0 aromatic heterocycles. The van der Waals surface area contributed by atoms with E-state index in [2.05, 4.69) is 26.6 Å². The van der Waals surface area contributed by atoms with Crippen LogP contribution < -0.4 is 20.1 Å². The summed E-state index contributed by atoms with van der Waals surface area (Å²) < 4.78 is 11.8. The van der Waals surface area contributed by atoms with Gasteiger partial charge in [-0.1, -0.05) is 34.1 Å². The monoisotopic (exact) mass is 434 g/mol. The average Bonchev–Trinajstić information content (AvgIpc) is 2.64. The van der Waals surface area contributed by atoms with Gasteiger partial charge < -0.3 is 20.1 Å². The molecule has 0 bridgehead atoms. The Kier molecular flexibility index (Phi) is 8.13. The molecule has 2 aromatic carbocycles. The summed E-state index contributed by atoms with van der Waals surface area (Å²) in [5.74, 6) is 0.640. The number of rotatable bonds is 9. The molecule has 0 aliphatic rings. The zero-order valence-corrected chi connectivity index (χ0v) is 17.0. The van der Waals surface area contributed by atoms with E-state index in [0.717, 1.165) is 15.7 Å². The topological polar surface area (TPSA) is 76.7 Å². The predicted molar refractivity (Wildman–Crippen MR) is 108 cm³/mol. The van der Waals surface area contributed by atoms with E-state index in [1.807, 2.05) is 44.2 Å². The molecule has 144 valence electrons. The van der Waals surface area contributed by atoms with Gasteiger partial charge >= 0.3 is 0 Å². The third kappa shape index (κ3) is 6.94. The van der Waals surface area contributed by atoms with Gasteiger partial charge in [-0.15, -0.1) is 0 Å². The second-order valence-corrected chi connectivity index (χ2v) is 6.69. The average molecular weight is 435 g/mol. The highest BCUT2D eigenvalue weighted by molar-refractivity contribution is 9.10. The van der Waals surface area contributed by atoms with Crippen molar-refractivity contribution in [1.29, 1.82) is 0 Å². The minimum absolute atomic E-state index is 0.142. The fourth-order valence-corrected chi connectivity index (χ4v) is 2.66. The number of anilines is 1. The first kappa shape index (κ1) is 20.8. The largest absolute Gasteiger partial charge is 0.490 e. The summed E-state index contributed by atoms with van der Waals surface area (Å²) >= 11 is 3.38. The molecule has 27 heavy (non-hydrogen) atoms. The maximum Gasteiger partial charge on any atom is 0.257 e. The summed E-state index contributed by atoms with van der Waals surface area (Å²) in [5.41, 5.74) is 1.72. The molecule has 0 atom stereocenters. The van der Waals surface area contributed by atoms with Crippen molar-refractivity contribution in [2.45, 2.75) is 20.3 Å². The van der Waals surface area contributed by atoms with Gasteiger partial charge in [0.2, 0.25) is 5.91 Å². The number of carbonyl (C=O) groups excluding carboxylic acids is 2. The molecule has 0 saturated heterocycles. The summed E-state index contributed by atoms with van der Waals surface area (Å²) in [7, 11) is 0. The lowest BCUT2D eigenvalue weighted by Gasteiger charge is -2.12. The number of hydrogen-bond donors (Lipinski definition) is 2. The van der Waals surface area contributed by atoms with Crippen LogP contribution in [0.3, 0.4) is 0 Å². The summed E-state index contributed by atoms with van der Waals surface area (Å²) in [6.45, 7) is 4.40. The quantitative estimate of drug-likeness (QED) is 0.630. The molecule has 0 spiro atoms. The Balaban J connectivity index is 1.73. The molecule has 2 N–H and O–H groups in total. The molecule has 0 aliphatic carbocycles. The van der Waals surface area contributed by atoms with Crippen LogP contribution in [0, 0.1) is 6.92 Å². The van der Waals surface area contributed by atoms with Crippen LogP contribution in [0.25, 0.3) is 0 Å². The van der Waals surface area contributed by atoms with Gasteiger partial charge in [0, 0.05) is 23.1 Å². The van der Waals surface area contributed by atoms with E-state index >= 15 is 0 Å². The Labute approximate surface area is 167 Å². The molecule has 6 nitrogen and oxygen atoms in total. The lowest BCUT2D eigenvalue weighted by Crippen LogP contribution is -2.31. The van der Waals surface area contributed by atoms with Gasteiger partial charge in [0.05, 0.1) is 6.61 Å². The number of ether oxygens (including phenoxy) is 2. The van der Waals surface area contributed by atoms with Crippen LogP contribution in [-0.2, 0) is 9.59 Å². The third-order valence-electron chi connectivity index (χ3n) is 3.66. The van der Waals surface area contributed by atoms with Crippen molar-refractivity contribution >= 4 is 33.4 Å². The number of carbonyl (C=O) groups is 2. The van der Waals surface area contributed by atoms with Gasteiger partial charge in [-0.05, 0) is 43.7 Å². The van der Waals surface area contributed by atoms with E-state index in [9.17, 15) is 9.59 Å². The Bertz CT molecular complexity index is 795. The van der Waals surface area contributed by atoms with Crippen LogP contribution in [0.2, 0.25) is 0 Å². The van der Waals surface area contributed by atoms with Crippen LogP contribution in [0.5, 0.6) is 11.5 Å². The number of benzene rings is 2. The molecule has 0 aliphatic heterocycles. The zero-order chi connectivity index (χ0) is 19.6. The lowest BCUT2D eigenvalue weighted by atomic mass is 10.2. The smallest absolute Gasteiger partial charge is 0.257 e. The molecule has 0 saturated carbocycles. The van der Waals surface area contributed by atoms with Crippen LogP contribution in [-0.4, -0.2) is 31.6 Å². The predicted octanol–water partition coefficient (Wildman–Crippen LogP) is 3.68. The minimum atomic E-state index is -0.298. The fourth-order valence-electron chi connectivity index (χ4n) is 2.30. The second-order valence-electron chi connectivity index (χ2n) is 5.78. The van der Waals surface area contributed by atoms with Crippen molar-refractivity contribution in [1.82, 2.24) is 5.32 Å². The van der Waals surface area contributed by atoms with Crippen molar-refractivity contribution in [3.05, 3.63) is 52.5 Å². The van der Waals surface area contributed by atoms with Crippen LogP contribution >= 0.6 is 15.9 Å². The molecule has 0 unspecified atom stereocenters. The summed E-state index contributed by atoms with van der Waals surface area (Å²) in [6.07, 6.45) is 0.174. The number of nitrogens with one attached hydrogen (secondary N) is 2. The molecule has 2 aromatic rings. The van der Waals surface area contributed by atoms with E-state index < -0.39 is 0 Å². The van der Waals surface area contributed by atoms with E-state index in [1.54, 1.807) is 12.1 Å². The lowest BCUT2D eigenvalue weighted by molar-refractivity contribution is -0.123. The van der Waals surface area contributed by atoms with Gasteiger partial charge in [-0.25, -0.2) is 0 Å². The normalized spacial score (nSPS) is 10.2. The Morgan fingerprint density at radius 3 is 2.44 bits per heavy atom. The van der Waals surface area contributed by atoms with Crippen molar-refractivity contribution in [3.8, 4) is 11.5 Å². The molecule has 0 fully saturated rings. The Morgan fingerprint density at radius 2 is 1.74 bits per heavy atom. The molecular formula is C20H23BrN2O4. The van der Waals surface area contributed by atoms with E-state index in [-0.39, 0.29) is 31.4 Å². The van der Waals surface area contributed by atoms with Gasteiger partial charge in [0.15, 0.2) is 18.1 Å². The van der Waals surface area contributed by atoms with Crippen LogP contribution in [0.15, 0.2) is 46.9 Å². The number of amides is 2. The highest BCUT2D eigenvalue weighted by atomic mass is 79.9. The number of para-hydroxylation sites is 2. The van der Waals surface area contributed by atoms with E-state index in [0.29, 0.717) is 18.1 Å². The first-order chi connectivity index (χ1) is 13.0. The Morgan fingerprint density at radius 1 is 1.04 bits per heavy atom. The molecular weight excluding hydrogens is 412 g/mol. The van der Waals surface area contributed by atoms with Crippen LogP contribution in [0.4, 0.5) is 5.69 Å². The highest BCUT2D eigenvalue weighted by Crippen LogP contribution is 2.26. The molecule has 2 amide bonds. The van der Waals surface area contributed by atoms with E-state index in [1.165, 1.54) is 0 Å². The first-order valence-electron chi connectivity index (χ1n) is 8.67. The van der Waals surface area contributed by atoms with Crippen LogP contribution in [0.1, 0.15) is 18.9 Å². The fraction of sp³-hybridized carbons (Fsp3) is 0.300. The van der Waals surface area contributed by atoms with Crippen molar-refractivity contribution in [2.24, 2.45) is 0 Å². The second kappa shape index (κ2) is 10.6. The van der Waals surface area contributed by atoms with Gasteiger partial charge in [-0.3, -0.25) is 9.59 Å². The summed E-state index contributed by atoms with van der Waals surface area (Å²) in [4.78, 5) is 23.9. The number of aryl methyl sites for hydroxylation is 1. The standard InChI is InChI=1S/C20H23BrN2O4/c1-3-26-17-6-4-5-7-18(17)27-13-20(25)22-11-10-19(24)23-16-12-15(21)9-8-14(16)2/h4-9,12H,3,10-11,13H2,1-2H3,(H,22,25)(H,23,24). The van der Waals surface area contributed by atoms with Crippen molar-refractivity contribution in [2.75, 3.05) is 25.1 Å². The number of hydrogen-bond acceptors (Lipinski definition) is 4. The van der Waals surface area contributed by atoms with Gasteiger partial charge in [0.1, 0.15) is 0 Å². The maximum atomic E-state index is 12.0. The zero-order valence-electron chi connectivity index (χ0n) is 15.4. The SMILES string of the molecule is CCOc1ccccc1OCC(=O)NCCC(=O)Nc1cc(Br)ccc1C. The maximum absolute atomic E-state index is 12.0. The third-order valence-corrected chi connectivity index (χ3v) is 4.15. The molecule has 0 heterocycles. The molecule has 2 rings (SSSR count). The van der Waals surface area contributed by atoms with Crippen molar-refractivity contribution in [3.63, 3.8) is 0 Å². The summed E-state index contributed by atoms with van der Waals surface area (Å²) in [6, 6.07) is 12.8. The molecule has 0 radical (unpaired) electrons. The van der Waals surface area contributed by atoms with E-state index in [4.69, 9.17) is 9.47 Å². The Hall–Kier alpha value is -2.54. The van der Waals surface area contributed by atoms with Gasteiger partial charge in [0.25, 0.3) is 5.91 Å². The minimum Gasteiger partial charge on any atom is -0.490 e. The molecule has 7 heteroatoms. The summed E-state index contributed by atoms with van der Waals surface area (Å²) in [5, 5.41) is 5.51. The first-order valence-corrected chi connectivity index (χ1v) is 9.46. The highest BCUT2D eigenvalue weighted by Gasteiger charge is 2.09. The van der Waals surface area contributed by atoms with Crippen molar-refractivity contribution < 1.29 is 19.1 Å².